The Morgan fingerprint density at radius 1 is 1.11 bits per heavy atom. The van der Waals surface area contributed by atoms with E-state index in [2.05, 4.69) is 20.4 Å². The lowest BCUT2D eigenvalue weighted by Crippen LogP contribution is -2.37. The Labute approximate surface area is 154 Å². The van der Waals surface area contributed by atoms with Gasteiger partial charge in [-0.15, -0.1) is 0 Å². The van der Waals surface area contributed by atoms with Crippen molar-refractivity contribution in [1.29, 1.82) is 0 Å². The first-order valence-electron chi connectivity index (χ1n) is 7.68. The molecule has 0 saturated carbocycles. The van der Waals surface area contributed by atoms with E-state index in [9.17, 15) is 13.2 Å². The highest BCUT2D eigenvalue weighted by molar-refractivity contribution is 7.85. The summed E-state index contributed by atoms with van der Waals surface area (Å²) >= 11 is 0. The SMILES string of the molecule is Cc1cc(C)nc(NC(=O)NS(=O)(=O)Oc2ccccc2-c2ccon2)n1. The third kappa shape index (κ3) is 4.79. The smallest absolute Gasteiger partial charge is 0.366 e. The molecule has 0 fully saturated rings. The molecule has 0 aliphatic rings. The molecule has 0 unspecified atom stereocenters. The van der Waals surface area contributed by atoms with Gasteiger partial charge in [0, 0.05) is 23.0 Å². The first kappa shape index (κ1) is 18.3. The van der Waals surface area contributed by atoms with Crippen LogP contribution in [0.25, 0.3) is 11.3 Å². The van der Waals surface area contributed by atoms with E-state index in [0.717, 1.165) is 0 Å². The number of nitrogens with zero attached hydrogens (tertiary/aromatic N) is 3. The summed E-state index contributed by atoms with van der Waals surface area (Å²) in [5.74, 6) is -0.0439. The molecule has 0 aliphatic carbocycles. The number of amides is 2. The van der Waals surface area contributed by atoms with Crippen LogP contribution >= 0.6 is 0 Å². The quantitative estimate of drug-likeness (QED) is 0.677. The van der Waals surface area contributed by atoms with Gasteiger partial charge in [0.25, 0.3) is 0 Å². The predicted molar refractivity (Wildman–Crippen MR) is 95.1 cm³/mol. The van der Waals surface area contributed by atoms with E-state index >= 15 is 0 Å². The maximum Gasteiger partial charge on any atom is 0.411 e. The van der Waals surface area contributed by atoms with Crippen LogP contribution in [0.4, 0.5) is 10.7 Å². The minimum atomic E-state index is -4.46. The summed E-state index contributed by atoms with van der Waals surface area (Å²) in [6.07, 6.45) is 1.34. The first-order chi connectivity index (χ1) is 12.8. The number of benzene rings is 1. The average Bonchev–Trinajstić information content (AvgIpc) is 3.07. The van der Waals surface area contributed by atoms with Gasteiger partial charge in [-0.2, -0.15) is 8.42 Å². The van der Waals surface area contributed by atoms with Crippen molar-refractivity contribution < 1.29 is 21.9 Å². The summed E-state index contributed by atoms with van der Waals surface area (Å²) < 4.78 is 35.8. The van der Waals surface area contributed by atoms with E-state index in [1.54, 1.807) is 48.9 Å². The number of nitrogens with one attached hydrogen (secondary N) is 2. The molecule has 1 aromatic carbocycles. The molecule has 0 saturated heterocycles. The number of rotatable bonds is 5. The fourth-order valence-corrected chi connectivity index (χ4v) is 2.97. The Hall–Kier alpha value is -3.47. The third-order valence-corrected chi connectivity index (χ3v) is 4.06. The van der Waals surface area contributed by atoms with Crippen molar-refractivity contribution in [1.82, 2.24) is 19.8 Å². The molecule has 27 heavy (non-hydrogen) atoms. The van der Waals surface area contributed by atoms with Crippen LogP contribution in [-0.4, -0.2) is 29.6 Å². The van der Waals surface area contributed by atoms with E-state index in [1.165, 1.54) is 12.3 Å². The van der Waals surface area contributed by atoms with Crippen LogP contribution in [0.5, 0.6) is 5.75 Å². The van der Waals surface area contributed by atoms with E-state index in [4.69, 9.17) is 8.71 Å². The number of anilines is 1. The molecule has 2 amide bonds. The number of aromatic nitrogens is 3. The zero-order chi connectivity index (χ0) is 19.4. The minimum absolute atomic E-state index is 0.0191. The Balaban J connectivity index is 1.73. The standard InChI is InChI=1S/C16H15N5O5S/c1-10-9-11(2)18-15(17-10)19-16(22)21-27(23,24)26-14-6-4-3-5-12(14)13-7-8-25-20-13/h3-9H,1-2H3,(H2,17,18,19,21,22). The van der Waals surface area contributed by atoms with Crippen LogP contribution in [0.15, 0.2) is 47.2 Å². The predicted octanol–water partition coefficient (Wildman–Crippen LogP) is 2.19. The van der Waals surface area contributed by atoms with Gasteiger partial charge < -0.3 is 8.71 Å². The van der Waals surface area contributed by atoms with Crippen LogP contribution in [0.3, 0.4) is 0 Å². The maximum absolute atomic E-state index is 12.2. The molecule has 0 atom stereocenters. The van der Waals surface area contributed by atoms with E-state index < -0.39 is 16.3 Å². The monoisotopic (exact) mass is 389 g/mol. The second kappa shape index (κ2) is 7.41. The number of aryl methyl sites for hydroxylation is 2. The summed E-state index contributed by atoms with van der Waals surface area (Å²) in [4.78, 5) is 20.0. The van der Waals surface area contributed by atoms with Crippen molar-refractivity contribution in [2.75, 3.05) is 5.32 Å². The van der Waals surface area contributed by atoms with Gasteiger partial charge in [-0.05, 0) is 32.0 Å². The summed E-state index contributed by atoms with van der Waals surface area (Å²) in [6.45, 7) is 3.44. The van der Waals surface area contributed by atoms with Gasteiger partial charge in [-0.3, -0.25) is 5.32 Å². The third-order valence-electron chi connectivity index (χ3n) is 3.23. The number of hydrogen-bond donors (Lipinski definition) is 2. The van der Waals surface area contributed by atoms with Gasteiger partial charge in [-0.1, -0.05) is 17.3 Å². The van der Waals surface area contributed by atoms with Crippen LogP contribution in [0.1, 0.15) is 11.4 Å². The largest absolute Gasteiger partial charge is 0.411 e. The Kier molecular flexibility index (Phi) is 5.03. The van der Waals surface area contributed by atoms with Crippen molar-refractivity contribution >= 4 is 22.3 Å². The lowest BCUT2D eigenvalue weighted by Gasteiger charge is -2.11. The zero-order valence-corrected chi connectivity index (χ0v) is 15.1. The van der Waals surface area contributed by atoms with E-state index in [1.807, 2.05) is 0 Å². The molecule has 10 nitrogen and oxygen atoms in total. The molecule has 2 N–H and O–H groups in total. The second-order valence-corrected chi connectivity index (χ2v) is 6.73. The fourth-order valence-electron chi connectivity index (χ4n) is 2.26. The molecule has 2 aromatic heterocycles. The Bertz CT molecular complexity index is 1050. The number of carbonyl (C=O) groups excluding carboxylic acids is 1. The minimum Gasteiger partial charge on any atom is -0.366 e. The summed E-state index contributed by atoms with van der Waals surface area (Å²) in [7, 11) is -4.46. The van der Waals surface area contributed by atoms with E-state index in [0.29, 0.717) is 22.6 Å². The highest BCUT2D eigenvalue weighted by Gasteiger charge is 2.20. The van der Waals surface area contributed by atoms with Crippen molar-refractivity contribution in [3.05, 3.63) is 54.0 Å². The molecule has 0 aliphatic heterocycles. The Morgan fingerprint density at radius 3 is 2.48 bits per heavy atom. The fraction of sp³-hybridized carbons (Fsp3) is 0.125. The zero-order valence-electron chi connectivity index (χ0n) is 14.3. The first-order valence-corrected chi connectivity index (χ1v) is 9.08. The molecular formula is C16H15N5O5S. The number of para-hydroxylation sites is 1. The molecule has 0 spiro atoms. The second-order valence-electron chi connectivity index (χ2n) is 5.45. The molecule has 0 bridgehead atoms. The topological polar surface area (TPSA) is 136 Å². The molecule has 140 valence electrons. The summed E-state index contributed by atoms with van der Waals surface area (Å²) in [6, 6.07) is 8.49. The number of urea groups is 1. The lowest BCUT2D eigenvalue weighted by atomic mass is 10.1. The molecule has 2 heterocycles. The van der Waals surface area contributed by atoms with Crippen molar-refractivity contribution in [3.63, 3.8) is 0 Å². The normalized spacial score (nSPS) is 11.0. The molecule has 11 heteroatoms. The van der Waals surface area contributed by atoms with Gasteiger partial charge in [0.1, 0.15) is 12.0 Å². The molecule has 3 rings (SSSR count). The van der Waals surface area contributed by atoms with Gasteiger partial charge in [-0.25, -0.2) is 19.5 Å². The molecule has 0 radical (unpaired) electrons. The molecule has 3 aromatic rings. The summed E-state index contributed by atoms with van der Waals surface area (Å²) in [5.41, 5.74) is 2.01. The van der Waals surface area contributed by atoms with Gasteiger partial charge >= 0.3 is 16.3 Å². The van der Waals surface area contributed by atoms with Crippen molar-refractivity contribution in [2.24, 2.45) is 0 Å². The van der Waals surface area contributed by atoms with Crippen LogP contribution in [-0.2, 0) is 10.3 Å². The number of carbonyl (C=O) groups is 1. The van der Waals surface area contributed by atoms with Gasteiger partial charge in [0.15, 0.2) is 5.75 Å². The highest BCUT2D eigenvalue weighted by atomic mass is 32.2. The Morgan fingerprint density at radius 2 is 1.81 bits per heavy atom. The van der Waals surface area contributed by atoms with E-state index in [-0.39, 0.29) is 11.7 Å². The maximum atomic E-state index is 12.2. The molecular weight excluding hydrogens is 374 g/mol. The highest BCUT2D eigenvalue weighted by Crippen LogP contribution is 2.29. The van der Waals surface area contributed by atoms with Crippen LogP contribution < -0.4 is 14.2 Å². The van der Waals surface area contributed by atoms with Crippen LogP contribution in [0.2, 0.25) is 0 Å². The lowest BCUT2D eigenvalue weighted by molar-refractivity contribution is 0.255. The van der Waals surface area contributed by atoms with Crippen molar-refractivity contribution in [2.45, 2.75) is 13.8 Å². The van der Waals surface area contributed by atoms with Crippen LogP contribution in [0, 0.1) is 13.8 Å². The number of hydrogen-bond acceptors (Lipinski definition) is 8. The average molecular weight is 389 g/mol. The van der Waals surface area contributed by atoms with Gasteiger partial charge in [0.05, 0.1) is 0 Å². The van der Waals surface area contributed by atoms with Crippen molar-refractivity contribution in [3.8, 4) is 17.0 Å². The summed E-state index contributed by atoms with van der Waals surface area (Å²) in [5, 5.41) is 5.99. The van der Waals surface area contributed by atoms with Gasteiger partial charge in [0.2, 0.25) is 5.95 Å².